The van der Waals surface area contributed by atoms with Crippen molar-refractivity contribution in [3.05, 3.63) is 66.7 Å². The predicted molar refractivity (Wildman–Crippen MR) is 86.0 cm³/mol. The third kappa shape index (κ3) is 2.42. The molecular weight excluding hydrogens is 292 g/mol. The SMILES string of the molecule is C=CCOC(=O)[C@@]1(C)C(=O)Oc2ccc(-c3ccccc3)cc21. The first kappa shape index (κ1) is 15.0. The lowest BCUT2D eigenvalue weighted by Crippen LogP contribution is -2.40. The van der Waals surface area contributed by atoms with Gasteiger partial charge in [-0.15, -0.1) is 0 Å². The topological polar surface area (TPSA) is 52.6 Å². The maximum absolute atomic E-state index is 12.4. The van der Waals surface area contributed by atoms with Crippen LogP contribution in [0.1, 0.15) is 12.5 Å². The van der Waals surface area contributed by atoms with E-state index in [0.29, 0.717) is 11.3 Å². The maximum atomic E-state index is 12.4. The van der Waals surface area contributed by atoms with Crippen LogP contribution >= 0.6 is 0 Å². The summed E-state index contributed by atoms with van der Waals surface area (Å²) in [5.41, 5.74) is 0.975. The van der Waals surface area contributed by atoms with Crippen LogP contribution in [0.25, 0.3) is 11.1 Å². The number of hydrogen-bond acceptors (Lipinski definition) is 4. The summed E-state index contributed by atoms with van der Waals surface area (Å²) in [6, 6.07) is 15.1. The van der Waals surface area contributed by atoms with Crippen LogP contribution < -0.4 is 4.74 Å². The molecule has 2 aromatic rings. The van der Waals surface area contributed by atoms with Crippen molar-refractivity contribution >= 4 is 11.9 Å². The van der Waals surface area contributed by atoms with Crippen LogP contribution in [0.4, 0.5) is 0 Å². The molecule has 0 saturated heterocycles. The van der Waals surface area contributed by atoms with E-state index in [1.54, 1.807) is 6.07 Å². The molecule has 1 aliphatic rings. The summed E-state index contributed by atoms with van der Waals surface area (Å²) >= 11 is 0. The van der Waals surface area contributed by atoms with Crippen molar-refractivity contribution < 1.29 is 19.1 Å². The van der Waals surface area contributed by atoms with Crippen LogP contribution in [0.2, 0.25) is 0 Å². The molecule has 0 aliphatic carbocycles. The fraction of sp³-hybridized carbons (Fsp3) is 0.158. The Hall–Kier alpha value is -2.88. The average molecular weight is 308 g/mol. The van der Waals surface area contributed by atoms with Crippen LogP contribution in [-0.4, -0.2) is 18.5 Å². The molecule has 2 aromatic carbocycles. The van der Waals surface area contributed by atoms with E-state index in [1.165, 1.54) is 13.0 Å². The van der Waals surface area contributed by atoms with E-state index in [-0.39, 0.29) is 6.61 Å². The number of ether oxygens (including phenoxy) is 2. The molecule has 0 unspecified atom stereocenters. The molecule has 0 spiro atoms. The van der Waals surface area contributed by atoms with Crippen LogP contribution in [-0.2, 0) is 19.7 Å². The third-order valence-electron chi connectivity index (χ3n) is 3.98. The first-order valence-corrected chi connectivity index (χ1v) is 7.27. The van der Waals surface area contributed by atoms with Crippen molar-refractivity contribution in [2.45, 2.75) is 12.3 Å². The van der Waals surface area contributed by atoms with E-state index in [9.17, 15) is 9.59 Å². The van der Waals surface area contributed by atoms with Gasteiger partial charge in [-0.1, -0.05) is 49.1 Å². The highest BCUT2D eigenvalue weighted by molar-refractivity contribution is 6.10. The average Bonchev–Trinajstić information content (AvgIpc) is 2.85. The summed E-state index contributed by atoms with van der Waals surface area (Å²) in [4.78, 5) is 24.6. The van der Waals surface area contributed by atoms with Gasteiger partial charge in [0.05, 0.1) is 0 Å². The van der Waals surface area contributed by atoms with Crippen LogP contribution in [0.3, 0.4) is 0 Å². The molecule has 1 heterocycles. The second-order valence-corrected chi connectivity index (χ2v) is 5.48. The van der Waals surface area contributed by atoms with E-state index in [2.05, 4.69) is 6.58 Å². The Bertz CT molecular complexity index is 779. The highest BCUT2D eigenvalue weighted by Crippen LogP contribution is 2.42. The van der Waals surface area contributed by atoms with Gasteiger partial charge >= 0.3 is 11.9 Å². The van der Waals surface area contributed by atoms with Crippen molar-refractivity contribution in [1.82, 2.24) is 0 Å². The van der Waals surface area contributed by atoms with E-state index >= 15 is 0 Å². The van der Waals surface area contributed by atoms with Crippen molar-refractivity contribution in [2.24, 2.45) is 0 Å². The second kappa shape index (κ2) is 5.72. The monoisotopic (exact) mass is 308 g/mol. The maximum Gasteiger partial charge on any atom is 0.333 e. The molecule has 1 aliphatic heterocycles. The van der Waals surface area contributed by atoms with Gasteiger partial charge in [-0.3, -0.25) is 9.59 Å². The zero-order valence-corrected chi connectivity index (χ0v) is 12.7. The molecule has 0 radical (unpaired) electrons. The molecule has 0 N–H and O–H groups in total. The number of benzene rings is 2. The van der Waals surface area contributed by atoms with Crippen LogP contribution in [0.5, 0.6) is 5.75 Å². The Morgan fingerprint density at radius 1 is 1.22 bits per heavy atom. The number of rotatable bonds is 4. The van der Waals surface area contributed by atoms with Crippen LogP contribution in [0, 0.1) is 0 Å². The van der Waals surface area contributed by atoms with E-state index < -0.39 is 17.4 Å². The summed E-state index contributed by atoms with van der Waals surface area (Å²) in [6.07, 6.45) is 1.46. The van der Waals surface area contributed by atoms with Crippen molar-refractivity contribution in [1.29, 1.82) is 0 Å². The summed E-state index contributed by atoms with van der Waals surface area (Å²) < 4.78 is 10.3. The van der Waals surface area contributed by atoms with Gasteiger partial charge in [0.25, 0.3) is 0 Å². The first-order valence-electron chi connectivity index (χ1n) is 7.27. The highest BCUT2D eigenvalue weighted by Gasteiger charge is 2.52. The quantitative estimate of drug-likeness (QED) is 0.376. The zero-order valence-electron chi connectivity index (χ0n) is 12.7. The normalized spacial score (nSPS) is 18.9. The predicted octanol–water partition coefficient (Wildman–Crippen LogP) is 3.26. The molecule has 0 aromatic heterocycles. The minimum absolute atomic E-state index is 0.0510. The van der Waals surface area contributed by atoms with Crippen LogP contribution in [0.15, 0.2) is 61.2 Å². The standard InChI is InChI=1S/C19H16O4/c1-3-11-22-17(20)19(2)15-12-14(13-7-5-4-6-8-13)9-10-16(15)23-18(19)21/h3-10,12H,1,11H2,2H3/t19-/m0/s1. The summed E-state index contributed by atoms with van der Waals surface area (Å²) in [6.45, 7) is 5.09. The molecule has 0 amide bonds. The van der Waals surface area contributed by atoms with E-state index in [1.807, 2.05) is 42.5 Å². The van der Waals surface area contributed by atoms with Gasteiger partial charge in [0, 0.05) is 5.56 Å². The lowest BCUT2D eigenvalue weighted by molar-refractivity contribution is -0.156. The number of carbonyl (C=O) groups excluding carboxylic acids is 2. The minimum Gasteiger partial charge on any atom is -0.460 e. The molecule has 0 fully saturated rings. The lowest BCUT2D eigenvalue weighted by atomic mass is 9.82. The fourth-order valence-electron chi connectivity index (χ4n) is 2.60. The van der Waals surface area contributed by atoms with Gasteiger partial charge in [-0.05, 0) is 30.2 Å². The summed E-state index contributed by atoms with van der Waals surface area (Å²) in [5.74, 6) is -0.856. The van der Waals surface area contributed by atoms with Gasteiger partial charge in [0.15, 0.2) is 5.41 Å². The summed E-state index contributed by atoms with van der Waals surface area (Å²) in [7, 11) is 0. The summed E-state index contributed by atoms with van der Waals surface area (Å²) in [5, 5.41) is 0. The van der Waals surface area contributed by atoms with Gasteiger partial charge in [-0.25, -0.2) is 0 Å². The molecule has 4 heteroatoms. The molecular formula is C19H16O4. The van der Waals surface area contributed by atoms with E-state index in [0.717, 1.165) is 11.1 Å². The molecule has 0 saturated carbocycles. The van der Waals surface area contributed by atoms with Gasteiger partial charge < -0.3 is 9.47 Å². The van der Waals surface area contributed by atoms with Gasteiger partial charge in [0.2, 0.25) is 0 Å². The third-order valence-corrected chi connectivity index (χ3v) is 3.98. The molecule has 116 valence electrons. The first-order chi connectivity index (χ1) is 11.1. The molecule has 23 heavy (non-hydrogen) atoms. The molecule has 4 nitrogen and oxygen atoms in total. The van der Waals surface area contributed by atoms with Crippen molar-refractivity contribution in [3.63, 3.8) is 0 Å². The Labute approximate surface area is 134 Å². The fourth-order valence-corrected chi connectivity index (χ4v) is 2.60. The lowest BCUT2D eigenvalue weighted by Gasteiger charge is -2.18. The minimum atomic E-state index is -1.46. The number of carbonyl (C=O) groups is 2. The van der Waals surface area contributed by atoms with Crippen molar-refractivity contribution in [2.75, 3.05) is 6.61 Å². The van der Waals surface area contributed by atoms with Crippen molar-refractivity contribution in [3.8, 4) is 16.9 Å². The Morgan fingerprint density at radius 2 is 1.96 bits per heavy atom. The zero-order chi connectivity index (χ0) is 16.4. The van der Waals surface area contributed by atoms with Gasteiger partial charge in [-0.2, -0.15) is 0 Å². The number of esters is 2. The Kier molecular flexibility index (Phi) is 3.74. The molecule has 3 rings (SSSR count). The second-order valence-electron chi connectivity index (χ2n) is 5.48. The highest BCUT2D eigenvalue weighted by atomic mass is 16.6. The Balaban J connectivity index is 2.06. The largest absolute Gasteiger partial charge is 0.460 e. The Morgan fingerprint density at radius 3 is 2.65 bits per heavy atom. The van der Waals surface area contributed by atoms with Gasteiger partial charge in [0.1, 0.15) is 12.4 Å². The smallest absolute Gasteiger partial charge is 0.333 e. The molecule has 0 bridgehead atoms. The number of fused-ring (bicyclic) bond motifs is 1. The number of hydrogen-bond donors (Lipinski definition) is 0. The molecule has 1 atom stereocenters. The van der Waals surface area contributed by atoms with E-state index in [4.69, 9.17) is 9.47 Å².